The van der Waals surface area contributed by atoms with E-state index in [2.05, 4.69) is 26.7 Å². The van der Waals surface area contributed by atoms with E-state index in [1.165, 1.54) is 0 Å². The lowest BCUT2D eigenvalue weighted by Crippen LogP contribution is -2.47. The summed E-state index contributed by atoms with van der Waals surface area (Å²) < 4.78 is 7.42. The van der Waals surface area contributed by atoms with E-state index in [0.29, 0.717) is 12.2 Å². The van der Waals surface area contributed by atoms with E-state index in [0.717, 1.165) is 13.1 Å². The summed E-state index contributed by atoms with van der Waals surface area (Å²) in [4.78, 5) is 0. The van der Waals surface area contributed by atoms with Gasteiger partial charge in [0.2, 0.25) is 0 Å². The summed E-state index contributed by atoms with van der Waals surface area (Å²) in [7, 11) is 0. The molecule has 54 valence electrons. The van der Waals surface area contributed by atoms with Gasteiger partial charge in [-0.1, -0.05) is 12.8 Å². The predicted molar refractivity (Wildman–Crippen MR) is 40.6 cm³/mol. The van der Waals surface area contributed by atoms with Crippen molar-refractivity contribution in [3.8, 4) is 0 Å². The zero-order valence-corrected chi connectivity index (χ0v) is 6.77. The van der Waals surface area contributed by atoms with Crippen molar-refractivity contribution >= 4 is 12.8 Å². The maximum Gasteiger partial charge on any atom is 0.0850 e. The van der Waals surface area contributed by atoms with Crippen LogP contribution in [0, 0.1) is 0 Å². The first-order valence-electron chi connectivity index (χ1n) is 3.28. The van der Waals surface area contributed by atoms with E-state index in [1.807, 2.05) is 4.31 Å². The molecule has 0 bridgehead atoms. The van der Waals surface area contributed by atoms with Crippen LogP contribution in [0.4, 0.5) is 0 Å². The first-order chi connectivity index (χ1) is 4.18. The fourth-order valence-electron chi connectivity index (χ4n) is 0.888. The lowest BCUT2D eigenvalue weighted by molar-refractivity contribution is -0.0482. The Morgan fingerprint density at radius 1 is 1.56 bits per heavy atom. The number of nitrogens with zero attached hydrogens (tertiary/aromatic N) is 1. The topological polar surface area (TPSA) is 12.5 Å². The maximum absolute atomic E-state index is 5.47. The van der Waals surface area contributed by atoms with E-state index in [9.17, 15) is 0 Å². The van der Waals surface area contributed by atoms with Crippen LogP contribution in [-0.2, 0) is 4.74 Å². The number of hydrogen-bond acceptors (Lipinski definition) is 3. The van der Waals surface area contributed by atoms with E-state index in [1.54, 1.807) is 0 Å². The number of hydrogen-bond donors (Lipinski definition) is 1. The molecule has 1 rings (SSSR count). The first-order valence-corrected chi connectivity index (χ1v) is 3.68. The quantitative estimate of drug-likeness (QED) is 0.584. The van der Waals surface area contributed by atoms with Crippen LogP contribution in [-0.4, -0.2) is 29.6 Å². The molecule has 0 aromatic heterocycles. The second-order valence-electron chi connectivity index (χ2n) is 2.68. The lowest BCUT2D eigenvalue weighted by Gasteiger charge is -2.35. The van der Waals surface area contributed by atoms with Crippen molar-refractivity contribution in [2.45, 2.75) is 26.1 Å². The van der Waals surface area contributed by atoms with E-state index >= 15 is 0 Å². The molecule has 0 aliphatic carbocycles. The van der Waals surface area contributed by atoms with Gasteiger partial charge in [0.05, 0.1) is 12.2 Å². The highest BCUT2D eigenvalue weighted by atomic mass is 32.1. The molecular weight excluding hydrogens is 134 g/mol. The van der Waals surface area contributed by atoms with Crippen LogP contribution in [0.15, 0.2) is 0 Å². The van der Waals surface area contributed by atoms with E-state index in [-0.39, 0.29) is 0 Å². The van der Waals surface area contributed by atoms with Crippen molar-refractivity contribution in [2.24, 2.45) is 0 Å². The normalized spacial score (nSPS) is 22.7. The van der Waals surface area contributed by atoms with Gasteiger partial charge in [-0.3, -0.25) is 0 Å². The van der Waals surface area contributed by atoms with Gasteiger partial charge in [-0.2, -0.15) is 0 Å². The summed E-state index contributed by atoms with van der Waals surface area (Å²) in [5.74, 6) is 0. The highest BCUT2D eigenvalue weighted by Crippen LogP contribution is 2.14. The molecule has 0 unspecified atom stereocenters. The smallest absolute Gasteiger partial charge is 0.0850 e. The Hall–Kier alpha value is 0.270. The number of thiol groups is 1. The van der Waals surface area contributed by atoms with Crippen molar-refractivity contribution in [3.63, 3.8) is 0 Å². The standard InChI is InChI=1S/C6H13NOS/c1-5(2)8-6-3-7(9)4-6/h5-6,9H,3-4H2,1-2H3. The van der Waals surface area contributed by atoms with Crippen LogP contribution >= 0.6 is 12.8 Å². The molecule has 0 saturated carbocycles. The fraction of sp³-hybridized carbons (Fsp3) is 1.00. The molecule has 0 aromatic carbocycles. The highest BCUT2D eigenvalue weighted by Gasteiger charge is 2.25. The minimum Gasteiger partial charge on any atom is -0.373 e. The number of rotatable bonds is 2. The molecule has 3 heteroatoms. The predicted octanol–water partition coefficient (Wildman–Crippen LogP) is 0.940. The largest absolute Gasteiger partial charge is 0.373 e. The van der Waals surface area contributed by atoms with Gasteiger partial charge in [0.15, 0.2) is 0 Å². The lowest BCUT2D eigenvalue weighted by atomic mass is 10.2. The molecule has 0 N–H and O–H groups in total. The van der Waals surface area contributed by atoms with E-state index < -0.39 is 0 Å². The molecule has 0 aromatic rings. The average Bonchev–Trinajstić information content (AvgIpc) is 1.60. The van der Waals surface area contributed by atoms with Crippen molar-refractivity contribution in [2.75, 3.05) is 13.1 Å². The second-order valence-corrected chi connectivity index (χ2v) is 3.24. The molecule has 1 aliphatic heterocycles. The molecule has 2 nitrogen and oxygen atoms in total. The molecule has 0 radical (unpaired) electrons. The summed E-state index contributed by atoms with van der Waals surface area (Å²) in [5.41, 5.74) is 0. The molecule has 0 spiro atoms. The van der Waals surface area contributed by atoms with Gasteiger partial charge in [0.25, 0.3) is 0 Å². The molecule has 1 aliphatic rings. The van der Waals surface area contributed by atoms with Gasteiger partial charge < -0.3 is 4.74 Å². The van der Waals surface area contributed by atoms with Crippen molar-refractivity contribution < 1.29 is 4.74 Å². The van der Waals surface area contributed by atoms with Crippen LogP contribution in [0.3, 0.4) is 0 Å². The summed E-state index contributed by atoms with van der Waals surface area (Å²) in [5, 5.41) is 0. The van der Waals surface area contributed by atoms with Crippen LogP contribution in [0.5, 0.6) is 0 Å². The molecule has 9 heavy (non-hydrogen) atoms. The molecule has 0 amide bonds. The maximum atomic E-state index is 5.47. The minimum atomic E-state index is 0.358. The summed E-state index contributed by atoms with van der Waals surface area (Å²) in [6.07, 6.45) is 0.791. The first kappa shape index (κ1) is 7.38. The van der Waals surface area contributed by atoms with Gasteiger partial charge in [0, 0.05) is 13.1 Å². The Balaban J connectivity index is 2.04. The van der Waals surface area contributed by atoms with Crippen LogP contribution < -0.4 is 0 Å². The minimum absolute atomic E-state index is 0.358. The monoisotopic (exact) mass is 147 g/mol. The second kappa shape index (κ2) is 2.90. The Kier molecular flexibility index (Phi) is 2.38. The Bertz CT molecular complexity index is 91.1. The van der Waals surface area contributed by atoms with Crippen LogP contribution in [0.1, 0.15) is 13.8 Å². The van der Waals surface area contributed by atoms with Gasteiger partial charge in [-0.15, -0.1) is 0 Å². The summed E-state index contributed by atoms with van der Waals surface area (Å²) in [6.45, 7) is 6.06. The Labute approximate surface area is 61.7 Å². The molecule has 1 fully saturated rings. The van der Waals surface area contributed by atoms with E-state index in [4.69, 9.17) is 4.74 Å². The van der Waals surface area contributed by atoms with Crippen molar-refractivity contribution in [1.82, 2.24) is 4.31 Å². The van der Waals surface area contributed by atoms with Gasteiger partial charge in [-0.05, 0) is 13.8 Å². The fourth-order valence-corrected chi connectivity index (χ4v) is 1.25. The average molecular weight is 147 g/mol. The number of ether oxygens (including phenoxy) is 1. The van der Waals surface area contributed by atoms with Gasteiger partial charge in [-0.25, -0.2) is 4.31 Å². The van der Waals surface area contributed by atoms with Gasteiger partial charge in [0.1, 0.15) is 0 Å². The van der Waals surface area contributed by atoms with Crippen LogP contribution in [0.2, 0.25) is 0 Å². The molecule has 1 saturated heterocycles. The van der Waals surface area contributed by atoms with Crippen molar-refractivity contribution in [3.05, 3.63) is 0 Å². The summed E-state index contributed by atoms with van der Waals surface area (Å²) >= 11 is 4.12. The molecule has 1 heterocycles. The molecular formula is C6H13NOS. The zero-order valence-electron chi connectivity index (χ0n) is 5.87. The Morgan fingerprint density at radius 3 is 2.44 bits per heavy atom. The third kappa shape index (κ3) is 2.16. The summed E-state index contributed by atoms with van der Waals surface area (Å²) in [6, 6.07) is 0. The zero-order chi connectivity index (χ0) is 6.85. The Morgan fingerprint density at radius 2 is 2.11 bits per heavy atom. The van der Waals surface area contributed by atoms with Gasteiger partial charge >= 0.3 is 0 Å². The highest BCUT2D eigenvalue weighted by molar-refractivity contribution is 7.77. The third-order valence-corrected chi connectivity index (χ3v) is 1.62. The molecule has 0 atom stereocenters. The van der Waals surface area contributed by atoms with Crippen molar-refractivity contribution in [1.29, 1.82) is 0 Å². The van der Waals surface area contributed by atoms with Crippen LogP contribution in [0.25, 0.3) is 0 Å². The SMILES string of the molecule is CC(C)OC1CN(S)C1. The third-order valence-electron chi connectivity index (χ3n) is 1.29.